The van der Waals surface area contributed by atoms with Crippen LogP contribution in [0, 0.1) is 19.3 Å². The van der Waals surface area contributed by atoms with Gasteiger partial charge in [-0.25, -0.2) is 4.98 Å². The Morgan fingerprint density at radius 1 is 1.60 bits per heavy atom. The van der Waals surface area contributed by atoms with Crippen molar-refractivity contribution in [2.24, 2.45) is 0 Å². The Labute approximate surface area is 65.0 Å². The third kappa shape index (κ3) is 1.29. The van der Waals surface area contributed by atoms with Crippen molar-refractivity contribution < 1.29 is 0 Å². The monoisotopic (exact) mass is 151 g/mol. The van der Waals surface area contributed by atoms with E-state index >= 15 is 0 Å². The van der Waals surface area contributed by atoms with E-state index in [1.165, 1.54) is 0 Å². The predicted octanol–water partition coefficient (Wildman–Crippen LogP) is 2.02. The van der Waals surface area contributed by atoms with Crippen LogP contribution in [0.15, 0.2) is 12.1 Å². The normalized spacial score (nSPS) is 8.90. The predicted molar refractivity (Wildman–Crippen MR) is 41.9 cm³/mol. The highest BCUT2D eigenvalue weighted by Gasteiger charge is 1.96. The lowest BCUT2D eigenvalue weighted by Gasteiger charge is -1.94. The minimum absolute atomic E-state index is 0.405. The van der Waals surface area contributed by atoms with Crippen LogP contribution in [0.3, 0.4) is 0 Å². The first-order valence-corrected chi connectivity index (χ1v) is 3.21. The van der Waals surface area contributed by atoms with Crippen molar-refractivity contribution in [3.63, 3.8) is 0 Å². The van der Waals surface area contributed by atoms with Gasteiger partial charge >= 0.3 is 0 Å². The summed E-state index contributed by atoms with van der Waals surface area (Å²) in [5, 5.41) is 0.405. The molecule has 0 spiro atoms. The zero-order valence-corrected chi connectivity index (χ0v) is 6.31. The van der Waals surface area contributed by atoms with Crippen LogP contribution in [-0.4, -0.2) is 4.98 Å². The van der Waals surface area contributed by atoms with E-state index in [2.05, 4.69) is 10.9 Å². The molecule has 0 unspecified atom stereocenters. The molecule has 1 aromatic rings. The number of hydrogen-bond donors (Lipinski definition) is 0. The summed E-state index contributed by atoms with van der Waals surface area (Å²) < 4.78 is 0. The Hall–Kier alpha value is -1.00. The first kappa shape index (κ1) is 7.11. The van der Waals surface area contributed by atoms with Gasteiger partial charge < -0.3 is 0 Å². The third-order valence-electron chi connectivity index (χ3n) is 1.14. The lowest BCUT2D eigenvalue weighted by molar-refractivity contribution is 1.19. The molecule has 50 valence electrons. The fourth-order valence-electron chi connectivity index (χ4n) is 0.633. The summed E-state index contributed by atoms with van der Waals surface area (Å²) in [5.41, 5.74) is 1.52. The number of terminal acetylenes is 1. The largest absolute Gasteiger partial charge is 0.240 e. The maximum atomic E-state index is 5.68. The van der Waals surface area contributed by atoms with Crippen molar-refractivity contribution in [1.82, 2.24) is 4.98 Å². The smallest absolute Gasteiger partial charge is 0.144 e. The molecule has 1 rings (SSSR count). The summed E-state index contributed by atoms with van der Waals surface area (Å²) in [5.74, 6) is 2.43. The van der Waals surface area contributed by atoms with Crippen molar-refractivity contribution in [3.05, 3.63) is 28.5 Å². The molecule has 0 atom stereocenters. The Bertz CT molecular complexity index is 286. The number of pyridine rings is 1. The maximum absolute atomic E-state index is 5.68. The molecule has 0 aromatic carbocycles. The lowest BCUT2D eigenvalue weighted by Crippen LogP contribution is -1.84. The minimum Gasteiger partial charge on any atom is -0.240 e. The Morgan fingerprint density at radius 2 is 2.30 bits per heavy atom. The van der Waals surface area contributed by atoms with Gasteiger partial charge in [-0.3, -0.25) is 0 Å². The minimum atomic E-state index is 0.405. The van der Waals surface area contributed by atoms with Crippen molar-refractivity contribution in [3.8, 4) is 12.3 Å². The quantitative estimate of drug-likeness (QED) is 0.409. The molecule has 1 heterocycles. The van der Waals surface area contributed by atoms with Crippen molar-refractivity contribution in [1.29, 1.82) is 0 Å². The lowest BCUT2D eigenvalue weighted by atomic mass is 10.3. The van der Waals surface area contributed by atoms with Gasteiger partial charge in [0.1, 0.15) is 5.15 Å². The van der Waals surface area contributed by atoms with Crippen LogP contribution in [0.1, 0.15) is 11.3 Å². The summed E-state index contributed by atoms with van der Waals surface area (Å²) in [7, 11) is 0. The van der Waals surface area contributed by atoms with Crippen LogP contribution in [0.2, 0.25) is 5.15 Å². The number of hydrogen-bond acceptors (Lipinski definition) is 1. The number of halogens is 1. The van der Waals surface area contributed by atoms with Gasteiger partial charge in [0.2, 0.25) is 0 Å². The summed E-state index contributed by atoms with van der Waals surface area (Å²) in [6.45, 7) is 1.87. The second-order valence-corrected chi connectivity index (χ2v) is 2.29. The van der Waals surface area contributed by atoms with Crippen LogP contribution < -0.4 is 0 Å². The van der Waals surface area contributed by atoms with E-state index in [4.69, 9.17) is 18.0 Å². The molecule has 0 fully saturated rings. The van der Waals surface area contributed by atoms with Crippen molar-refractivity contribution >= 4 is 11.6 Å². The molecule has 0 saturated carbocycles. The van der Waals surface area contributed by atoms with E-state index in [9.17, 15) is 0 Å². The van der Waals surface area contributed by atoms with Gasteiger partial charge in [-0.15, -0.1) is 6.42 Å². The maximum Gasteiger partial charge on any atom is 0.144 e. The molecule has 0 aliphatic heterocycles. The molecule has 2 heteroatoms. The van der Waals surface area contributed by atoms with Gasteiger partial charge in [-0.05, 0) is 19.1 Å². The molecule has 1 aromatic heterocycles. The molecule has 0 aliphatic rings. The van der Waals surface area contributed by atoms with Gasteiger partial charge in [0.25, 0.3) is 0 Å². The second-order valence-electron chi connectivity index (χ2n) is 1.94. The first-order chi connectivity index (χ1) is 4.74. The standard InChI is InChI=1S/C8H6ClN/c1-3-7-5-4-6(2)10-8(7)9/h1,4-5H,2H3. The molecule has 0 saturated heterocycles. The number of aromatic nitrogens is 1. The fraction of sp³-hybridized carbons (Fsp3) is 0.125. The molecular formula is C8H6ClN. The van der Waals surface area contributed by atoms with Gasteiger partial charge in [-0.2, -0.15) is 0 Å². The Kier molecular flexibility index (Phi) is 1.94. The Balaban J connectivity index is 3.23. The summed E-state index contributed by atoms with van der Waals surface area (Å²) in [6.07, 6.45) is 5.13. The summed E-state index contributed by atoms with van der Waals surface area (Å²) >= 11 is 5.68. The van der Waals surface area contributed by atoms with Crippen LogP contribution in [0.5, 0.6) is 0 Å². The van der Waals surface area contributed by atoms with Crippen molar-refractivity contribution in [2.45, 2.75) is 6.92 Å². The average molecular weight is 152 g/mol. The summed E-state index contributed by atoms with van der Waals surface area (Å²) in [4.78, 5) is 3.97. The van der Waals surface area contributed by atoms with E-state index in [1.54, 1.807) is 6.07 Å². The number of rotatable bonds is 0. The van der Waals surface area contributed by atoms with Gasteiger partial charge in [0, 0.05) is 5.69 Å². The highest BCUT2D eigenvalue weighted by molar-refractivity contribution is 6.30. The highest BCUT2D eigenvalue weighted by atomic mass is 35.5. The molecule has 0 aliphatic carbocycles. The second kappa shape index (κ2) is 2.72. The highest BCUT2D eigenvalue weighted by Crippen LogP contribution is 2.11. The third-order valence-corrected chi connectivity index (χ3v) is 1.43. The summed E-state index contributed by atoms with van der Waals surface area (Å²) in [6, 6.07) is 3.62. The molecular weight excluding hydrogens is 146 g/mol. The van der Waals surface area contributed by atoms with E-state index in [0.717, 1.165) is 5.69 Å². The molecule has 0 bridgehead atoms. The zero-order chi connectivity index (χ0) is 7.56. The van der Waals surface area contributed by atoms with Crippen LogP contribution in [0.25, 0.3) is 0 Å². The number of aryl methyl sites for hydroxylation is 1. The van der Waals surface area contributed by atoms with E-state index in [-0.39, 0.29) is 0 Å². The molecule has 0 N–H and O–H groups in total. The van der Waals surface area contributed by atoms with Crippen LogP contribution >= 0.6 is 11.6 Å². The van der Waals surface area contributed by atoms with Crippen LogP contribution in [0.4, 0.5) is 0 Å². The van der Waals surface area contributed by atoms with Gasteiger partial charge in [0.15, 0.2) is 0 Å². The van der Waals surface area contributed by atoms with Crippen LogP contribution in [-0.2, 0) is 0 Å². The first-order valence-electron chi connectivity index (χ1n) is 2.84. The average Bonchev–Trinajstić information content (AvgIpc) is 1.88. The van der Waals surface area contributed by atoms with Crippen molar-refractivity contribution in [2.75, 3.05) is 0 Å². The van der Waals surface area contributed by atoms with Gasteiger partial charge in [0.05, 0.1) is 5.56 Å². The molecule has 0 amide bonds. The molecule has 10 heavy (non-hydrogen) atoms. The fourth-order valence-corrected chi connectivity index (χ4v) is 0.884. The van der Waals surface area contributed by atoms with E-state index < -0.39 is 0 Å². The van der Waals surface area contributed by atoms with E-state index in [1.807, 2.05) is 13.0 Å². The number of nitrogens with zero attached hydrogens (tertiary/aromatic N) is 1. The van der Waals surface area contributed by atoms with Gasteiger partial charge in [-0.1, -0.05) is 17.5 Å². The molecule has 0 radical (unpaired) electrons. The SMILES string of the molecule is C#Cc1ccc(C)nc1Cl. The Morgan fingerprint density at radius 3 is 2.80 bits per heavy atom. The van der Waals surface area contributed by atoms with E-state index in [0.29, 0.717) is 10.7 Å². The topological polar surface area (TPSA) is 12.9 Å². The zero-order valence-electron chi connectivity index (χ0n) is 5.56. The molecule has 1 nitrogen and oxygen atoms in total.